The first-order valence-electron chi connectivity index (χ1n) is 6.43. The van der Waals surface area contributed by atoms with Crippen LogP contribution in [0.25, 0.3) is 0 Å². The Morgan fingerprint density at radius 1 is 1.10 bits per heavy atom. The van der Waals surface area contributed by atoms with Crippen molar-refractivity contribution >= 4 is 15.9 Å². The van der Waals surface area contributed by atoms with E-state index in [-0.39, 0.29) is 17.3 Å². The number of hydrogen-bond acceptors (Lipinski definition) is 4. The minimum atomic E-state index is -3.72. The van der Waals surface area contributed by atoms with E-state index in [0.717, 1.165) is 0 Å². The molecule has 110 valence electrons. The Kier molecular flexibility index (Phi) is 4.82. The van der Waals surface area contributed by atoms with E-state index in [1.807, 2.05) is 0 Å². The number of pyridine rings is 1. The van der Waals surface area contributed by atoms with E-state index in [9.17, 15) is 13.2 Å². The predicted octanol–water partition coefficient (Wildman–Crippen LogP) is 1.58. The van der Waals surface area contributed by atoms with E-state index in [4.69, 9.17) is 4.18 Å². The van der Waals surface area contributed by atoms with Crippen molar-refractivity contribution in [2.45, 2.75) is 18.4 Å². The van der Waals surface area contributed by atoms with Crippen LogP contribution in [0, 0.1) is 0 Å². The third-order valence-corrected chi connectivity index (χ3v) is 4.24. The summed E-state index contributed by atoms with van der Waals surface area (Å²) in [5.74, 6) is -0.00921. The number of benzene rings is 1. The average molecular weight is 306 g/mol. The second kappa shape index (κ2) is 6.60. The van der Waals surface area contributed by atoms with Gasteiger partial charge in [-0.3, -0.25) is 8.98 Å². The number of ketones is 1. The lowest BCUT2D eigenvalue weighted by atomic mass is 10.2. The highest BCUT2D eigenvalue weighted by molar-refractivity contribution is 7.86. The van der Waals surface area contributed by atoms with Gasteiger partial charge in [0.05, 0.1) is 4.90 Å². The van der Waals surface area contributed by atoms with Crippen LogP contribution < -0.4 is 4.57 Å². The number of nitrogens with zero attached hydrogens (tertiary/aromatic N) is 1. The lowest BCUT2D eigenvalue weighted by Crippen LogP contribution is -2.35. The van der Waals surface area contributed by atoms with E-state index in [1.165, 1.54) is 19.1 Å². The van der Waals surface area contributed by atoms with Gasteiger partial charge in [-0.1, -0.05) is 18.2 Å². The van der Waals surface area contributed by atoms with Crippen molar-refractivity contribution in [2.24, 2.45) is 0 Å². The zero-order valence-corrected chi connectivity index (χ0v) is 12.4. The largest absolute Gasteiger partial charge is 0.297 e. The number of carbonyl (C=O) groups is 1. The van der Waals surface area contributed by atoms with Gasteiger partial charge in [-0.05, 0) is 19.1 Å². The summed E-state index contributed by atoms with van der Waals surface area (Å²) in [5, 5.41) is 0. The zero-order chi connectivity index (χ0) is 15.3. The van der Waals surface area contributed by atoms with E-state index in [2.05, 4.69) is 0 Å². The summed E-state index contributed by atoms with van der Waals surface area (Å²) in [6.07, 6.45) is 3.43. The van der Waals surface area contributed by atoms with Gasteiger partial charge in [0.1, 0.15) is 6.61 Å². The van der Waals surface area contributed by atoms with Crippen LogP contribution in [0.5, 0.6) is 0 Å². The molecule has 0 aliphatic heterocycles. The van der Waals surface area contributed by atoms with Crippen molar-refractivity contribution in [3.63, 3.8) is 0 Å². The van der Waals surface area contributed by atoms with Crippen LogP contribution in [0.2, 0.25) is 0 Å². The van der Waals surface area contributed by atoms with E-state index >= 15 is 0 Å². The summed E-state index contributed by atoms with van der Waals surface area (Å²) in [5.41, 5.74) is 0.615. The number of carbonyl (C=O) groups excluding carboxylic acids is 1. The zero-order valence-electron chi connectivity index (χ0n) is 11.6. The molecular weight excluding hydrogens is 290 g/mol. The van der Waals surface area contributed by atoms with Crippen LogP contribution in [0.15, 0.2) is 59.8 Å². The highest BCUT2D eigenvalue weighted by Gasteiger charge is 2.15. The van der Waals surface area contributed by atoms with Crippen LogP contribution in [-0.2, 0) is 20.8 Å². The Hall–Kier alpha value is -2.05. The topological polar surface area (TPSA) is 64.3 Å². The van der Waals surface area contributed by atoms with Crippen LogP contribution in [-0.4, -0.2) is 20.8 Å². The van der Waals surface area contributed by atoms with Gasteiger partial charge in [0.25, 0.3) is 10.1 Å². The third kappa shape index (κ3) is 4.21. The molecule has 0 saturated carbocycles. The minimum Gasteiger partial charge on any atom is -0.295 e. The highest BCUT2D eigenvalue weighted by Crippen LogP contribution is 2.10. The molecule has 1 heterocycles. The summed E-state index contributed by atoms with van der Waals surface area (Å²) < 4.78 is 30.5. The molecule has 0 amide bonds. The van der Waals surface area contributed by atoms with Crippen molar-refractivity contribution in [2.75, 3.05) is 6.61 Å². The molecule has 0 atom stereocenters. The van der Waals surface area contributed by atoms with Gasteiger partial charge in [0, 0.05) is 17.7 Å². The molecule has 21 heavy (non-hydrogen) atoms. The molecule has 0 aliphatic rings. The van der Waals surface area contributed by atoms with Crippen molar-refractivity contribution in [3.05, 3.63) is 60.4 Å². The molecule has 0 spiro atoms. The first-order valence-corrected chi connectivity index (χ1v) is 7.84. The minimum absolute atomic E-state index is 0.00921. The Bertz CT molecular complexity index is 709. The summed E-state index contributed by atoms with van der Waals surface area (Å²) in [6.45, 7) is 1.90. The van der Waals surface area contributed by atoms with Gasteiger partial charge in [0.15, 0.2) is 24.7 Å². The van der Waals surface area contributed by atoms with Gasteiger partial charge < -0.3 is 0 Å². The summed E-state index contributed by atoms with van der Waals surface area (Å²) in [6, 6.07) is 11.4. The molecule has 1 aromatic carbocycles. The summed E-state index contributed by atoms with van der Waals surface area (Å²) in [7, 11) is -3.72. The molecule has 0 aliphatic carbocycles. The SMILES string of the molecule is CC(=O)c1cc[n+](CCOS(=O)(=O)c2ccccc2)cc1. The number of Topliss-reactive ketones (excluding diaryl/α,β-unsaturated/α-hetero) is 1. The van der Waals surface area contributed by atoms with Crippen molar-refractivity contribution in [3.8, 4) is 0 Å². The maximum atomic E-state index is 11.9. The molecule has 2 aromatic rings. The van der Waals surface area contributed by atoms with Gasteiger partial charge in [0.2, 0.25) is 0 Å². The highest BCUT2D eigenvalue weighted by atomic mass is 32.2. The van der Waals surface area contributed by atoms with Crippen LogP contribution in [0.3, 0.4) is 0 Å². The normalized spacial score (nSPS) is 11.3. The Labute approximate surface area is 123 Å². The van der Waals surface area contributed by atoms with Crippen LogP contribution >= 0.6 is 0 Å². The second-order valence-electron chi connectivity index (χ2n) is 4.47. The summed E-state index contributed by atoms with van der Waals surface area (Å²) in [4.78, 5) is 11.3. The fourth-order valence-corrected chi connectivity index (χ4v) is 2.67. The number of rotatable bonds is 6. The molecule has 0 unspecified atom stereocenters. The van der Waals surface area contributed by atoms with Crippen molar-refractivity contribution < 1.29 is 22.0 Å². The molecule has 5 nitrogen and oxygen atoms in total. The third-order valence-electron chi connectivity index (χ3n) is 2.92. The quantitative estimate of drug-likeness (QED) is 0.462. The van der Waals surface area contributed by atoms with Gasteiger partial charge in [-0.2, -0.15) is 8.42 Å². The van der Waals surface area contributed by atoms with E-state index in [0.29, 0.717) is 12.1 Å². The van der Waals surface area contributed by atoms with E-state index in [1.54, 1.807) is 47.3 Å². The Balaban J connectivity index is 1.94. The fourth-order valence-electron chi connectivity index (χ4n) is 1.75. The van der Waals surface area contributed by atoms with Gasteiger partial charge in [-0.15, -0.1) is 0 Å². The second-order valence-corrected chi connectivity index (χ2v) is 6.09. The first-order chi connectivity index (χ1) is 9.99. The molecular formula is C15H16NO4S+. The first kappa shape index (κ1) is 15.3. The van der Waals surface area contributed by atoms with Crippen molar-refractivity contribution in [1.29, 1.82) is 0 Å². The standard InChI is InChI=1S/C15H16NO4S/c1-13(17)14-7-9-16(10-8-14)11-12-20-21(18,19)15-5-3-2-4-6-15/h2-10H,11-12H2,1H3/q+1. The lowest BCUT2D eigenvalue weighted by Gasteiger charge is -2.03. The number of hydrogen-bond donors (Lipinski definition) is 0. The van der Waals surface area contributed by atoms with E-state index < -0.39 is 10.1 Å². The smallest absolute Gasteiger partial charge is 0.295 e. The molecule has 0 bridgehead atoms. The fraction of sp³-hybridized carbons (Fsp3) is 0.200. The number of aromatic nitrogens is 1. The predicted molar refractivity (Wildman–Crippen MR) is 76.2 cm³/mol. The molecule has 0 fully saturated rings. The molecule has 2 rings (SSSR count). The van der Waals surface area contributed by atoms with Crippen LogP contribution in [0.4, 0.5) is 0 Å². The summed E-state index contributed by atoms with van der Waals surface area (Å²) >= 11 is 0. The lowest BCUT2D eigenvalue weighted by molar-refractivity contribution is -0.697. The maximum absolute atomic E-state index is 11.9. The Morgan fingerprint density at radius 2 is 1.71 bits per heavy atom. The Morgan fingerprint density at radius 3 is 2.29 bits per heavy atom. The van der Waals surface area contributed by atoms with Gasteiger partial charge >= 0.3 is 0 Å². The molecule has 0 radical (unpaired) electrons. The van der Waals surface area contributed by atoms with Crippen molar-refractivity contribution in [1.82, 2.24) is 0 Å². The molecule has 0 saturated heterocycles. The molecule has 0 N–H and O–H groups in total. The maximum Gasteiger partial charge on any atom is 0.297 e. The monoisotopic (exact) mass is 306 g/mol. The average Bonchev–Trinajstić information content (AvgIpc) is 2.48. The van der Waals surface area contributed by atoms with Gasteiger partial charge in [-0.25, -0.2) is 4.57 Å². The molecule has 1 aromatic heterocycles. The molecule has 6 heteroatoms. The van der Waals surface area contributed by atoms with Crippen LogP contribution in [0.1, 0.15) is 17.3 Å².